The van der Waals surface area contributed by atoms with Gasteiger partial charge in [0.25, 0.3) is 5.91 Å². The van der Waals surface area contributed by atoms with Crippen molar-refractivity contribution in [2.75, 3.05) is 0 Å². The van der Waals surface area contributed by atoms with Crippen LogP contribution in [0.3, 0.4) is 0 Å². The number of rotatable bonds is 6. The average Bonchev–Trinajstić information content (AvgIpc) is 3.43. The Morgan fingerprint density at radius 2 is 1.83 bits per heavy atom. The molecule has 1 aliphatic rings. The van der Waals surface area contributed by atoms with Gasteiger partial charge in [0.05, 0.1) is 5.69 Å². The number of para-hydroxylation sites is 1. The highest BCUT2D eigenvalue weighted by Gasteiger charge is 2.28. The summed E-state index contributed by atoms with van der Waals surface area (Å²) in [4.78, 5) is 25.0. The molecule has 148 valence electrons. The molecule has 1 aromatic heterocycles. The van der Waals surface area contributed by atoms with Gasteiger partial charge in [-0.2, -0.15) is 5.10 Å². The van der Waals surface area contributed by atoms with Crippen LogP contribution in [0.4, 0.5) is 4.39 Å². The Morgan fingerprint density at radius 1 is 1.14 bits per heavy atom. The minimum absolute atomic E-state index is 0.180. The van der Waals surface area contributed by atoms with Crippen molar-refractivity contribution in [1.82, 2.24) is 15.1 Å². The second-order valence-corrected chi connectivity index (χ2v) is 7.01. The van der Waals surface area contributed by atoms with Crippen LogP contribution in [0, 0.1) is 5.82 Å². The fourth-order valence-electron chi connectivity index (χ4n) is 2.88. The van der Waals surface area contributed by atoms with Crippen LogP contribution < -0.4 is 5.32 Å². The minimum Gasteiger partial charge on any atom is -0.449 e. The first-order valence-corrected chi connectivity index (χ1v) is 9.43. The number of aromatic nitrogens is 2. The Bertz CT molecular complexity index is 1030. The number of carbonyl (C=O) groups excluding carboxylic acids is 2. The minimum atomic E-state index is -0.927. The summed E-state index contributed by atoms with van der Waals surface area (Å²) in [5.41, 5.74) is 1.89. The van der Waals surface area contributed by atoms with Crippen LogP contribution in [-0.4, -0.2) is 33.8 Å². The number of hydrogen-bond donors (Lipinski definition) is 1. The van der Waals surface area contributed by atoms with Crippen LogP contribution in [0.15, 0.2) is 60.8 Å². The monoisotopic (exact) mass is 393 g/mol. The molecule has 2 aromatic carbocycles. The number of hydrogen-bond acceptors (Lipinski definition) is 4. The molecule has 0 saturated heterocycles. The normalized spacial score (nSPS) is 14.3. The van der Waals surface area contributed by atoms with Crippen LogP contribution >= 0.6 is 0 Å². The molecule has 1 N–H and O–H groups in total. The van der Waals surface area contributed by atoms with Crippen molar-refractivity contribution >= 4 is 11.9 Å². The standard InChI is InChI=1S/C22H20FN3O3/c1-14(21(27)24-17-11-12-17)29-22(28)19-13-26(18-5-3-2-4-6-18)25-20(19)15-7-9-16(23)10-8-15/h2-10,13-14,17H,11-12H2,1H3,(H,24,27)/t14-/m1/s1. The summed E-state index contributed by atoms with van der Waals surface area (Å²) in [5.74, 6) is -1.37. The van der Waals surface area contributed by atoms with Crippen LogP contribution in [0.25, 0.3) is 16.9 Å². The number of esters is 1. The number of benzene rings is 2. The summed E-state index contributed by atoms with van der Waals surface area (Å²) in [6.07, 6.45) is 2.53. The van der Waals surface area contributed by atoms with Crippen molar-refractivity contribution in [1.29, 1.82) is 0 Å². The Morgan fingerprint density at radius 3 is 2.48 bits per heavy atom. The topological polar surface area (TPSA) is 73.2 Å². The van der Waals surface area contributed by atoms with Crippen molar-refractivity contribution in [2.45, 2.75) is 31.9 Å². The Kier molecular flexibility index (Phi) is 5.12. The predicted molar refractivity (Wildman–Crippen MR) is 105 cm³/mol. The first-order chi connectivity index (χ1) is 14.0. The molecule has 1 saturated carbocycles. The SMILES string of the molecule is C[C@@H](OC(=O)c1cn(-c2ccccc2)nc1-c1ccc(F)cc1)C(=O)NC1CC1. The van der Waals surface area contributed by atoms with Crippen LogP contribution in [0.5, 0.6) is 0 Å². The molecule has 29 heavy (non-hydrogen) atoms. The molecule has 0 bridgehead atoms. The number of ether oxygens (including phenoxy) is 1. The lowest BCUT2D eigenvalue weighted by Gasteiger charge is -2.13. The predicted octanol–water partition coefficient (Wildman–Crippen LogP) is 3.50. The zero-order chi connectivity index (χ0) is 20.4. The highest BCUT2D eigenvalue weighted by Crippen LogP contribution is 2.25. The molecule has 7 heteroatoms. The van der Waals surface area contributed by atoms with E-state index in [0.717, 1.165) is 18.5 Å². The number of nitrogens with zero attached hydrogens (tertiary/aromatic N) is 2. The summed E-state index contributed by atoms with van der Waals surface area (Å²) >= 11 is 0. The van der Waals surface area contributed by atoms with Crippen molar-refractivity contribution in [2.24, 2.45) is 0 Å². The van der Waals surface area contributed by atoms with Gasteiger partial charge in [0.15, 0.2) is 6.10 Å². The Balaban J connectivity index is 1.64. The van der Waals surface area contributed by atoms with Gasteiger partial charge in [0.2, 0.25) is 0 Å². The average molecular weight is 393 g/mol. The Labute approximate surface area is 167 Å². The first-order valence-electron chi connectivity index (χ1n) is 9.43. The molecule has 0 unspecified atom stereocenters. The number of nitrogens with one attached hydrogen (secondary N) is 1. The molecule has 0 radical (unpaired) electrons. The molecule has 1 fully saturated rings. The highest BCUT2D eigenvalue weighted by atomic mass is 19.1. The smallest absolute Gasteiger partial charge is 0.342 e. The molecule has 0 aliphatic heterocycles. The quantitative estimate of drug-likeness (QED) is 0.651. The molecule has 4 rings (SSSR count). The highest BCUT2D eigenvalue weighted by molar-refractivity contribution is 5.97. The largest absolute Gasteiger partial charge is 0.449 e. The van der Waals surface area contributed by atoms with E-state index in [-0.39, 0.29) is 23.3 Å². The van der Waals surface area contributed by atoms with E-state index >= 15 is 0 Å². The van der Waals surface area contributed by atoms with Gasteiger partial charge in [-0.1, -0.05) is 18.2 Å². The lowest BCUT2D eigenvalue weighted by atomic mass is 10.1. The molecule has 1 heterocycles. The molecular weight excluding hydrogens is 373 g/mol. The third-order valence-corrected chi connectivity index (χ3v) is 4.65. The second kappa shape index (κ2) is 7.87. The summed E-state index contributed by atoms with van der Waals surface area (Å²) < 4.78 is 20.3. The summed E-state index contributed by atoms with van der Waals surface area (Å²) in [5, 5.41) is 7.32. The maximum Gasteiger partial charge on any atom is 0.342 e. The zero-order valence-corrected chi connectivity index (χ0v) is 15.8. The van der Waals surface area contributed by atoms with Crippen molar-refractivity contribution in [3.63, 3.8) is 0 Å². The Hall–Kier alpha value is -3.48. The van der Waals surface area contributed by atoms with Gasteiger partial charge in [-0.15, -0.1) is 0 Å². The van der Waals surface area contributed by atoms with Crippen molar-refractivity contribution in [3.05, 3.63) is 72.2 Å². The van der Waals surface area contributed by atoms with Gasteiger partial charge in [0.1, 0.15) is 17.1 Å². The van der Waals surface area contributed by atoms with Gasteiger partial charge in [0, 0.05) is 17.8 Å². The van der Waals surface area contributed by atoms with E-state index < -0.39 is 12.1 Å². The molecule has 6 nitrogen and oxygen atoms in total. The molecule has 1 atom stereocenters. The fourth-order valence-corrected chi connectivity index (χ4v) is 2.88. The first kappa shape index (κ1) is 18.9. The fraction of sp³-hybridized carbons (Fsp3) is 0.227. The number of halogens is 1. The second-order valence-electron chi connectivity index (χ2n) is 7.01. The lowest BCUT2D eigenvalue weighted by Crippen LogP contribution is -2.37. The van der Waals surface area contributed by atoms with Crippen LogP contribution in [0.1, 0.15) is 30.1 Å². The van der Waals surface area contributed by atoms with E-state index in [1.54, 1.807) is 23.0 Å². The third-order valence-electron chi connectivity index (χ3n) is 4.65. The van der Waals surface area contributed by atoms with E-state index in [1.165, 1.54) is 19.1 Å². The van der Waals surface area contributed by atoms with Gasteiger partial charge >= 0.3 is 5.97 Å². The van der Waals surface area contributed by atoms with Gasteiger partial charge in [-0.25, -0.2) is 13.9 Å². The third kappa shape index (κ3) is 4.34. The molecule has 1 amide bonds. The van der Waals surface area contributed by atoms with E-state index in [4.69, 9.17) is 4.74 Å². The number of carbonyl (C=O) groups is 2. The van der Waals surface area contributed by atoms with Crippen molar-refractivity contribution in [3.8, 4) is 16.9 Å². The summed E-state index contributed by atoms with van der Waals surface area (Å²) in [7, 11) is 0. The van der Waals surface area contributed by atoms with Crippen LogP contribution in [-0.2, 0) is 9.53 Å². The summed E-state index contributed by atoms with van der Waals surface area (Å²) in [6.45, 7) is 1.54. The van der Waals surface area contributed by atoms with Crippen molar-refractivity contribution < 1.29 is 18.7 Å². The molecular formula is C22H20FN3O3. The van der Waals surface area contributed by atoms with E-state index in [9.17, 15) is 14.0 Å². The van der Waals surface area contributed by atoms with Crippen LogP contribution in [0.2, 0.25) is 0 Å². The molecule has 1 aliphatic carbocycles. The molecule has 0 spiro atoms. The van der Waals surface area contributed by atoms with E-state index in [0.29, 0.717) is 11.3 Å². The van der Waals surface area contributed by atoms with Gasteiger partial charge in [-0.3, -0.25) is 4.79 Å². The molecule has 3 aromatic rings. The zero-order valence-electron chi connectivity index (χ0n) is 15.8. The summed E-state index contributed by atoms with van der Waals surface area (Å²) in [6, 6.07) is 15.2. The number of amides is 1. The van der Waals surface area contributed by atoms with E-state index in [1.807, 2.05) is 30.3 Å². The van der Waals surface area contributed by atoms with Gasteiger partial charge in [-0.05, 0) is 56.2 Å². The van der Waals surface area contributed by atoms with E-state index in [2.05, 4.69) is 10.4 Å². The maximum absolute atomic E-state index is 13.3. The lowest BCUT2D eigenvalue weighted by molar-refractivity contribution is -0.129. The van der Waals surface area contributed by atoms with Gasteiger partial charge < -0.3 is 10.1 Å². The maximum atomic E-state index is 13.3.